The van der Waals surface area contributed by atoms with Gasteiger partial charge < -0.3 is 15.0 Å². The van der Waals surface area contributed by atoms with Crippen molar-refractivity contribution in [3.05, 3.63) is 30.3 Å². The number of nitrogens with one attached hydrogen (secondary N) is 1. The Morgan fingerprint density at radius 1 is 1.32 bits per heavy atom. The van der Waals surface area contributed by atoms with Crippen molar-refractivity contribution in [2.45, 2.75) is 12.8 Å². The Kier molecular flexibility index (Phi) is 4.39. The largest absolute Gasteiger partial charge is 0.453 e. The number of piperidine rings is 1. The van der Waals surface area contributed by atoms with Crippen molar-refractivity contribution in [3.63, 3.8) is 0 Å². The molecule has 1 aromatic rings. The molecular formula is C14H18N2O3. The number of carbonyl (C=O) groups is 2. The van der Waals surface area contributed by atoms with Crippen LogP contribution < -0.4 is 5.32 Å². The van der Waals surface area contributed by atoms with Crippen molar-refractivity contribution >= 4 is 17.7 Å². The number of hydrogen-bond donors (Lipinski definition) is 1. The quantitative estimate of drug-likeness (QED) is 0.888. The third-order valence-electron chi connectivity index (χ3n) is 3.27. The molecule has 1 saturated heterocycles. The third kappa shape index (κ3) is 3.47. The molecule has 0 bridgehead atoms. The summed E-state index contributed by atoms with van der Waals surface area (Å²) >= 11 is 0. The molecule has 0 aliphatic carbocycles. The monoisotopic (exact) mass is 262 g/mol. The lowest BCUT2D eigenvalue weighted by Crippen LogP contribution is -2.43. The van der Waals surface area contributed by atoms with Gasteiger partial charge in [0.05, 0.1) is 13.0 Å². The molecule has 2 rings (SSSR count). The Morgan fingerprint density at radius 2 is 2.05 bits per heavy atom. The summed E-state index contributed by atoms with van der Waals surface area (Å²) in [6.07, 6.45) is 1.26. The van der Waals surface area contributed by atoms with Gasteiger partial charge in [0.2, 0.25) is 5.91 Å². The minimum Gasteiger partial charge on any atom is -0.453 e. The van der Waals surface area contributed by atoms with Crippen LogP contribution in [0.1, 0.15) is 12.8 Å². The van der Waals surface area contributed by atoms with Crippen LogP contribution in [0.2, 0.25) is 0 Å². The lowest BCUT2D eigenvalue weighted by atomic mass is 9.97. The Bertz CT molecular complexity index is 447. The molecule has 1 unspecified atom stereocenters. The van der Waals surface area contributed by atoms with Crippen molar-refractivity contribution in [1.29, 1.82) is 0 Å². The molecule has 1 atom stereocenters. The first-order chi connectivity index (χ1) is 9.20. The summed E-state index contributed by atoms with van der Waals surface area (Å²) in [7, 11) is 1.36. The summed E-state index contributed by atoms with van der Waals surface area (Å²) in [5.41, 5.74) is 0.780. The molecule has 0 radical (unpaired) electrons. The van der Waals surface area contributed by atoms with E-state index in [0.29, 0.717) is 13.1 Å². The number of likely N-dealkylation sites (tertiary alicyclic amines) is 1. The Labute approximate surface area is 112 Å². The first kappa shape index (κ1) is 13.4. The van der Waals surface area contributed by atoms with E-state index in [1.165, 1.54) is 7.11 Å². The van der Waals surface area contributed by atoms with Crippen LogP contribution in [0, 0.1) is 5.92 Å². The van der Waals surface area contributed by atoms with Gasteiger partial charge in [0.1, 0.15) is 0 Å². The molecule has 5 nitrogen and oxygen atoms in total. The third-order valence-corrected chi connectivity index (χ3v) is 3.27. The molecular weight excluding hydrogens is 244 g/mol. The van der Waals surface area contributed by atoms with E-state index in [2.05, 4.69) is 5.32 Å². The van der Waals surface area contributed by atoms with Gasteiger partial charge in [0.25, 0.3) is 0 Å². The number of rotatable bonds is 2. The molecule has 1 aromatic carbocycles. The minimum atomic E-state index is -0.364. The highest BCUT2D eigenvalue weighted by Crippen LogP contribution is 2.19. The van der Waals surface area contributed by atoms with Crippen molar-refractivity contribution < 1.29 is 14.3 Å². The average Bonchev–Trinajstić information content (AvgIpc) is 2.47. The van der Waals surface area contributed by atoms with Crippen molar-refractivity contribution in [2.24, 2.45) is 5.92 Å². The molecule has 5 heteroatoms. The van der Waals surface area contributed by atoms with Gasteiger partial charge in [-0.05, 0) is 25.0 Å². The average molecular weight is 262 g/mol. The molecule has 19 heavy (non-hydrogen) atoms. The summed E-state index contributed by atoms with van der Waals surface area (Å²) in [6.45, 7) is 1.08. The number of carbonyl (C=O) groups excluding carboxylic acids is 2. The molecule has 1 heterocycles. The first-order valence-electron chi connectivity index (χ1n) is 6.39. The zero-order valence-corrected chi connectivity index (χ0v) is 11.0. The SMILES string of the molecule is COC(=O)N1CCCC(C(=O)Nc2ccccc2)C1. The highest BCUT2D eigenvalue weighted by Gasteiger charge is 2.28. The molecule has 0 aromatic heterocycles. The smallest absolute Gasteiger partial charge is 0.409 e. The van der Waals surface area contributed by atoms with Crippen LogP contribution in [0.25, 0.3) is 0 Å². The molecule has 0 saturated carbocycles. The summed E-state index contributed by atoms with van der Waals surface area (Å²) in [4.78, 5) is 25.2. The maximum Gasteiger partial charge on any atom is 0.409 e. The van der Waals surface area contributed by atoms with Gasteiger partial charge in [-0.25, -0.2) is 4.79 Å². The predicted octanol–water partition coefficient (Wildman–Crippen LogP) is 2.10. The zero-order chi connectivity index (χ0) is 13.7. The molecule has 1 aliphatic rings. The van der Waals surface area contributed by atoms with E-state index >= 15 is 0 Å². The van der Waals surface area contributed by atoms with Crippen LogP contribution in [0.5, 0.6) is 0 Å². The number of amides is 2. The van der Waals surface area contributed by atoms with Crippen molar-refractivity contribution in [1.82, 2.24) is 4.90 Å². The summed E-state index contributed by atoms with van der Waals surface area (Å²) in [5.74, 6) is -0.215. The highest BCUT2D eigenvalue weighted by atomic mass is 16.5. The fourth-order valence-corrected chi connectivity index (χ4v) is 2.25. The molecule has 102 valence electrons. The van der Waals surface area contributed by atoms with Crippen LogP contribution in [-0.4, -0.2) is 37.1 Å². The van der Waals surface area contributed by atoms with E-state index in [1.807, 2.05) is 30.3 Å². The maximum atomic E-state index is 12.1. The van der Waals surface area contributed by atoms with Gasteiger partial charge in [0.15, 0.2) is 0 Å². The van der Waals surface area contributed by atoms with Crippen LogP contribution in [0.15, 0.2) is 30.3 Å². The van der Waals surface area contributed by atoms with Crippen molar-refractivity contribution in [2.75, 3.05) is 25.5 Å². The van der Waals surface area contributed by atoms with Crippen LogP contribution in [0.4, 0.5) is 10.5 Å². The number of anilines is 1. The number of para-hydroxylation sites is 1. The first-order valence-corrected chi connectivity index (χ1v) is 6.39. The number of ether oxygens (including phenoxy) is 1. The highest BCUT2D eigenvalue weighted by molar-refractivity contribution is 5.93. The topological polar surface area (TPSA) is 58.6 Å². The Balaban J connectivity index is 1.94. The molecule has 0 spiro atoms. The summed E-state index contributed by atoms with van der Waals surface area (Å²) in [5, 5.41) is 2.87. The lowest BCUT2D eigenvalue weighted by molar-refractivity contribution is -0.121. The minimum absolute atomic E-state index is 0.0418. The Hall–Kier alpha value is -2.04. The standard InChI is InChI=1S/C14H18N2O3/c1-19-14(18)16-9-5-6-11(10-16)13(17)15-12-7-3-2-4-8-12/h2-4,7-8,11H,5-6,9-10H2,1H3,(H,15,17). The van der Waals surface area contributed by atoms with Gasteiger partial charge in [-0.3, -0.25) is 4.79 Å². The lowest BCUT2D eigenvalue weighted by Gasteiger charge is -2.30. The van der Waals surface area contributed by atoms with Gasteiger partial charge in [-0.2, -0.15) is 0 Å². The van der Waals surface area contributed by atoms with Crippen molar-refractivity contribution in [3.8, 4) is 0 Å². The number of methoxy groups -OCH3 is 1. The van der Waals surface area contributed by atoms with Crippen LogP contribution in [0.3, 0.4) is 0 Å². The normalized spacial score (nSPS) is 18.8. The van der Waals surface area contributed by atoms with E-state index < -0.39 is 0 Å². The fourth-order valence-electron chi connectivity index (χ4n) is 2.25. The van der Waals surface area contributed by atoms with E-state index in [9.17, 15) is 9.59 Å². The number of benzene rings is 1. The van der Waals surface area contributed by atoms with Gasteiger partial charge in [0, 0.05) is 18.8 Å². The molecule has 1 aliphatic heterocycles. The fraction of sp³-hybridized carbons (Fsp3) is 0.429. The van der Waals surface area contributed by atoms with E-state index in [0.717, 1.165) is 18.5 Å². The summed E-state index contributed by atoms with van der Waals surface area (Å²) in [6, 6.07) is 9.33. The summed E-state index contributed by atoms with van der Waals surface area (Å²) < 4.78 is 4.69. The molecule has 1 fully saturated rings. The van der Waals surface area contributed by atoms with Gasteiger partial charge in [-0.1, -0.05) is 18.2 Å². The van der Waals surface area contributed by atoms with Gasteiger partial charge >= 0.3 is 6.09 Å². The molecule has 2 amide bonds. The van der Waals surface area contributed by atoms with E-state index in [1.54, 1.807) is 4.90 Å². The number of hydrogen-bond acceptors (Lipinski definition) is 3. The maximum absolute atomic E-state index is 12.1. The zero-order valence-electron chi connectivity index (χ0n) is 11.0. The van der Waals surface area contributed by atoms with Gasteiger partial charge in [-0.15, -0.1) is 0 Å². The second-order valence-corrected chi connectivity index (χ2v) is 4.61. The predicted molar refractivity (Wildman–Crippen MR) is 71.8 cm³/mol. The second-order valence-electron chi connectivity index (χ2n) is 4.61. The van der Waals surface area contributed by atoms with E-state index in [-0.39, 0.29) is 17.9 Å². The number of nitrogens with zero attached hydrogens (tertiary/aromatic N) is 1. The van der Waals surface area contributed by atoms with E-state index in [4.69, 9.17) is 4.74 Å². The van der Waals surface area contributed by atoms with Crippen LogP contribution >= 0.6 is 0 Å². The second kappa shape index (κ2) is 6.22. The Morgan fingerprint density at radius 3 is 2.74 bits per heavy atom. The molecule has 1 N–H and O–H groups in total. The van der Waals surface area contributed by atoms with Crippen LogP contribution in [-0.2, 0) is 9.53 Å².